The van der Waals surface area contributed by atoms with Gasteiger partial charge in [-0.2, -0.15) is 0 Å². The van der Waals surface area contributed by atoms with E-state index < -0.39 is 0 Å². The fraction of sp³-hybridized carbons (Fsp3) is 1.00. The minimum Gasteiger partial charge on any atom is -0.394 e. The molecule has 0 aromatic carbocycles. The molecule has 10 heavy (non-hydrogen) atoms. The number of nitrogens with two attached hydrogens (primary N) is 1. The zero-order chi connectivity index (χ0) is 7.72. The lowest BCUT2D eigenvalue weighted by Crippen LogP contribution is -2.25. The zero-order valence-electron chi connectivity index (χ0n) is 6.45. The van der Waals surface area contributed by atoms with Gasteiger partial charge in [0.25, 0.3) is 0 Å². The molecule has 4 unspecified atom stereocenters. The number of ether oxygens (including phenoxy) is 1. The van der Waals surface area contributed by atoms with Crippen LogP contribution < -0.4 is 5.73 Å². The molecule has 0 aromatic rings. The van der Waals surface area contributed by atoms with Crippen molar-refractivity contribution in [3.05, 3.63) is 0 Å². The minimum absolute atomic E-state index is 0.0509. The molecule has 1 heterocycles. The average molecular weight is 145 g/mol. The maximum absolute atomic E-state index is 8.79. The molecule has 1 aliphatic heterocycles. The second-order valence-electron chi connectivity index (χ2n) is 3.04. The summed E-state index contributed by atoms with van der Waals surface area (Å²) in [4.78, 5) is 0. The standard InChI is InChI=1S/C7H15NO2/c1-4-5(2)7(8)10-6(4)3-9/h4-7,9H,3,8H2,1-2H3. The first-order chi connectivity index (χ1) is 4.66. The smallest absolute Gasteiger partial charge is 0.109 e. The van der Waals surface area contributed by atoms with Gasteiger partial charge in [0, 0.05) is 5.92 Å². The van der Waals surface area contributed by atoms with Gasteiger partial charge < -0.3 is 15.6 Å². The van der Waals surface area contributed by atoms with Gasteiger partial charge in [0.1, 0.15) is 6.23 Å². The number of hydrogen-bond acceptors (Lipinski definition) is 3. The lowest BCUT2D eigenvalue weighted by atomic mass is 9.93. The van der Waals surface area contributed by atoms with Gasteiger partial charge >= 0.3 is 0 Å². The molecule has 60 valence electrons. The van der Waals surface area contributed by atoms with Gasteiger partial charge in [0.15, 0.2) is 0 Å². The molecule has 0 bridgehead atoms. The van der Waals surface area contributed by atoms with Crippen molar-refractivity contribution in [3.63, 3.8) is 0 Å². The summed E-state index contributed by atoms with van der Waals surface area (Å²) in [5.41, 5.74) is 5.60. The van der Waals surface area contributed by atoms with E-state index in [4.69, 9.17) is 15.6 Å². The Bertz CT molecular complexity index is 118. The Morgan fingerprint density at radius 2 is 2.00 bits per heavy atom. The Morgan fingerprint density at radius 1 is 1.40 bits per heavy atom. The molecule has 0 aliphatic carbocycles. The summed E-state index contributed by atoms with van der Waals surface area (Å²) in [6.45, 7) is 4.18. The average Bonchev–Trinajstić information content (AvgIpc) is 2.17. The first-order valence-electron chi connectivity index (χ1n) is 3.68. The van der Waals surface area contributed by atoms with Crippen LogP contribution in [0, 0.1) is 11.8 Å². The summed E-state index contributed by atoms with van der Waals surface area (Å²) in [7, 11) is 0. The summed E-state index contributed by atoms with van der Waals surface area (Å²) in [5, 5.41) is 8.79. The van der Waals surface area contributed by atoms with Crippen LogP contribution in [0.15, 0.2) is 0 Å². The third-order valence-corrected chi connectivity index (χ3v) is 2.45. The topological polar surface area (TPSA) is 55.5 Å². The molecule has 3 nitrogen and oxygen atoms in total. The van der Waals surface area contributed by atoms with Crippen molar-refractivity contribution in [2.45, 2.75) is 26.2 Å². The maximum atomic E-state index is 8.79. The van der Waals surface area contributed by atoms with E-state index in [-0.39, 0.29) is 18.9 Å². The summed E-state index contributed by atoms with van der Waals surface area (Å²) in [6, 6.07) is 0. The van der Waals surface area contributed by atoms with Gasteiger partial charge in [0.05, 0.1) is 12.7 Å². The maximum Gasteiger partial charge on any atom is 0.109 e. The highest BCUT2D eigenvalue weighted by molar-refractivity contribution is 4.81. The lowest BCUT2D eigenvalue weighted by Gasteiger charge is -2.11. The molecule has 0 radical (unpaired) electrons. The molecule has 3 heteroatoms. The van der Waals surface area contributed by atoms with Crippen LogP contribution in [-0.4, -0.2) is 24.0 Å². The first-order valence-corrected chi connectivity index (χ1v) is 3.68. The van der Waals surface area contributed by atoms with Crippen LogP contribution in [0.4, 0.5) is 0 Å². The highest BCUT2D eigenvalue weighted by atomic mass is 16.5. The molecule has 1 aliphatic rings. The van der Waals surface area contributed by atoms with Gasteiger partial charge in [-0.1, -0.05) is 13.8 Å². The molecule has 0 aromatic heterocycles. The Kier molecular flexibility index (Phi) is 2.28. The summed E-state index contributed by atoms with van der Waals surface area (Å²) < 4.78 is 5.26. The van der Waals surface area contributed by atoms with Crippen molar-refractivity contribution in [1.29, 1.82) is 0 Å². The van der Waals surface area contributed by atoms with Crippen molar-refractivity contribution in [2.24, 2.45) is 17.6 Å². The van der Waals surface area contributed by atoms with Gasteiger partial charge in [-0.25, -0.2) is 0 Å². The molecule has 0 amide bonds. The monoisotopic (exact) mass is 145 g/mol. The van der Waals surface area contributed by atoms with E-state index in [2.05, 4.69) is 6.92 Å². The first kappa shape index (κ1) is 7.98. The SMILES string of the molecule is CC1C(N)OC(CO)C1C. The zero-order valence-corrected chi connectivity index (χ0v) is 6.45. The Morgan fingerprint density at radius 3 is 2.20 bits per heavy atom. The van der Waals surface area contributed by atoms with E-state index in [1.54, 1.807) is 0 Å². The van der Waals surface area contributed by atoms with E-state index in [1.165, 1.54) is 0 Å². The van der Waals surface area contributed by atoms with Crippen LogP contribution in [0.5, 0.6) is 0 Å². The normalized spacial score (nSPS) is 48.0. The van der Waals surface area contributed by atoms with E-state index in [0.29, 0.717) is 11.8 Å². The number of hydrogen-bond donors (Lipinski definition) is 2. The number of rotatable bonds is 1. The largest absolute Gasteiger partial charge is 0.394 e. The fourth-order valence-electron chi connectivity index (χ4n) is 1.30. The number of aliphatic hydroxyl groups excluding tert-OH is 1. The van der Waals surface area contributed by atoms with E-state index >= 15 is 0 Å². The molecule has 1 fully saturated rings. The number of aliphatic hydroxyl groups is 1. The molecule has 0 spiro atoms. The highest BCUT2D eigenvalue weighted by Crippen LogP contribution is 2.28. The van der Waals surface area contributed by atoms with Crippen LogP contribution in [0.1, 0.15) is 13.8 Å². The second kappa shape index (κ2) is 2.86. The predicted molar refractivity (Wildman–Crippen MR) is 38.3 cm³/mol. The second-order valence-corrected chi connectivity index (χ2v) is 3.04. The van der Waals surface area contributed by atoms with Crippen LogP contribution in [-0.2, 0) is 4.74 Å². The van der Waals surface area contributed by atoms with Gasteiger partial charge in [-0.15, -0.1) is 0 Å². The van der Waals surface area contributed by atoms with Crippen molar-refractivity contribution in [2.75, 3.05) is 6.61 Å². The quantitative estimate of drug-likeness (QED) is 0.543. The summed E-state index contributed by atoms with van der Waals surface area (Å²) in [6.07, 6.45) is -0.239. The van der Waals surface area contributed by atoms with Crippen LogP contribution >= 0.6 is 0 Å². The predicted octanol–water partition coefficient (Wildman–Crippen LogP) is -0.0655. The van der Waals surface area contributed by atoms with Crippen LogP contribution in [0.3, 0.4) is 0 Å². The molecule has 3 N–H and O–H groups in total. The van der Waals surface area contributed by atoms with Gasteiger partial charge in [0.2, 0.25) is 0 Å². The van der Waals surface area contributed by atoms with Crippen LogP contribution in [0.2, 0.25) is 0 Å². The summed E-state index contributed by atoms with van der Waals surface area (Å²) >= 11 is 0. The highest BCUT2D eigenvalue weighted by Gasteiger charge is 2.36. The Labute approximate surface area is 61.2 Å². The summed E-state index contributed by atoms with van der Waals surface area (Å²) in [5.74, 6) is 0.733. The third-order valence-electron chi connectivity index (χ3n) is 2.45. The van der Waals surface area contributed by atoms with Crippen molar-refractivity contribution >= 4 is 0 Å². The Hall–Kier alpha value is -0.120. The molecular formula is C7H15NO2. The molecule has 4 atom stereocenters. The fourth-order valence-corrected chi connectivity index (χ4v) is 1.30. The van der Waals surface area contributed by atoms with E-state index in [0.717, 1.165) is 0 Å². The lowest BCUT2D eigenvalue weighted by molar-refractivity contribution is 0.00168. The molecule has 1 rings (SSSR count). The third kappa shape index (κ3) is 1.17. The van der Waals surface area contributed by atoms with Crippen molar-refractivity contribution in [3.8, 4) is 0 Å². The molecular weight excluding hydrogens is 130 g/mol. The van der Waals surface area contributed by atoms with Crippen molar-refractivity contribution < 1.29 is 9.84 Å². The Balaban J connectivity index is 2.53. The molecule has 1 saturated heterocycles. The minimum atomic E-state index is -0.188. The van der Waals surface area contributed by atoms with Gasteiger partial charge in [-0.3, -0.25) is 0 Å². The van der Waals surface area contributed by atoms with Gasteiger partial charge in [-0.05, 0) is 5.92 Å². The van der Waals surface area contributed by atoms with Crippen molar-refractivity contribution in [1.82, 2.24) is 0 Å². The van der Waals surface area contributed by atoms with E-state index in [9.17, 15) is 0 Å². The van der Waals surface area contributed by atoms with Crippen LogP contribution in [0.25, 0.3) is 0 Å². The van der Waals surface area contributed by atoms with E-state index in [1.807, 2.05) is 6.92 Å². The molecule has 0 saturated carbocycles.